The maximum Gasteiger partial charge on any atom is 0.306 e. The highest BCUT2D eigenvalue weighted by Gasteiger charge is 2.55. The SMILES string of the molecule is C#CCCOC(=C)OCC1CC2CC1C1CC(COC(=O)CCC=C)CC21. The summed E-state index contributed by atoms with van der Waals surface area (Å²) in [6.45, 7) is 9.21. The van der Waals surface area contributed by atoms with E-state index in [0.29, 0.717) is 56.9 Å². The van der Waals surface area contributed by atoms with Gasteiger partial charge in [-0.25, -0.2) is 0 Å². The van der Waals surface area contributed by atoms with Gasteiger partial charge in [0.25, 0.3) is 5.95 Å². The van der Waals surface area contributed by atoms with Crippen molar-refractivity contribution in [1.29, 1.82) is 0 Å². The molecule has 0 aromatic rings. The number of ether oxygens (including phenoxy) is 3. The van der Waals surface area contributed by atoms with Crippen LogP contribution >= 0.6 is 0 Å². The molecule has 0 amide bonds. The first-order valence-electron chi connectivity index (χ1n) is 10.3. The summed E-state index contributed by atoms with van der Waals surface area (Å²) in [6.07, 6.45) is 13.7. The highest BCUT2D eigenvalue weighted by Crippen LogP contribution is 2.62. The van der Waals surface area contributed by atoms with E-state index >= 15 is 0 Å². The van der Waals surface area contributed by atoms with Crippen molar-refractivity contribution in [3.8, 4) is 12.3 Å². The van der Waals surface area contributed by atoms with Crippen LogP contribution in [0.4, 0.5) is 0 Å². The number of carbonyl (C=O) groups excluding carboxylic acids is 1. The van der Waals surface area contributed by atoms with Crippen LogP contribution in [0.5, 0.6) is 0 Å². The van der Waals surface area contributed by atoms with Gasteiger partial charge in [0.05, 0.1) is 13.2 Å². The van der Waals surface area contributed by atoms with Crippen molar-refractivity contribution in [2.24, 2.45) is 35.5 Å². The standard InChI is InChI=1S/C23H32O4/c1-4-6-8-23(24)27-14-17-10-20-18-12-19(21(13-18)22(20)11-17)15-26-16(3)25-9-7-5-2/h2,4,17-22H,1,3,6-15H2. The predicted molar refractivity (Wildman–Crippen MR) is 104 cm³/mol. The van der Waals surface area contributed by atoms with Crippen LogP contribution in [-0.4, -0.2) is 25.8 Å². The second kappa shape index (κ2) is 9.35. The molecule has 0 aromatic carbocycles. The molecule has 3 rings (SSSR count). The monoisotopic (exact) mass is 372 g/mol. The van der Waals surface area contributed by atoms with Crippen LogP contribution in [0.15, 0.2) is 25.2 Å². The molecule has 2 bridgehead atoms. The number of terminal acetylenes is 1. The number of fused-ring (bicyclic) bond motifs is 5. The summed E-state index contributed by atoms with van der Waals surface area (Å²) in [5, 5.41) is 0. The molecule has 0 N–H and O–H groups in total. The Morgan fingerprint density at radius 1 is 1.07 bits per heavy atom. The third kappa shape index (κ3) is 4.89. The van der Waals surface area contributed by atoms with E-state index in [-0.39, 0.29) is 5.97 Å². The van der Waals surface area contributed by atoms with Gasteiger partial charge in [-0.1, -0.05) is 6.08 Å². The van der Waals surface area contributed by atoms with Crippen LogP contribution in [0.2, 0.25) is 0 Å². The van der Waals surface area contributed by atoms with Crippen molar-refractivity contribution in [2.45, 2.75) is 44.9 Å². The zero-order valence-corrected chi connectivity index (χ0v) is 16.2. The minimum Gasteiger partial charge on any atom is -0.466 e. The summed E-state index contributed by atoms with van der Waals surface area (Å²) < 4.78 is 16.6. The molecule has 4 heteroatoms. The van der Waals surface area contributed by atoms with Crippen molar-refractivity contribution in [2.75, 3.05) is 19.8 Å². The quantitative estimate of drug-likeness (QED) is 0.178. The largest absolute Gasteiger partial charge is 0.466 e. The summed E-state index contributed by atoms with van der Waals surface area (Å²) in [6, 6.07) is 0. The van der Waals surface area contributed by atoms with E-state index in [1.54, 1.807) is 6.08 Å². The molecule has 27 heavy (non-hydrogen) atoms. The van der Waals surface area contributed by atoms with Gasteiger partial charge in [0, 0.05) is 12.8 Å². The molecular formula is C23H32O4. The maximum atomic E-state index is 11.7. The summed E-state index contributed by atoms with van der Waals surface area (Å²) in [5.41, 5.74) is 0. The molecule has 0 saturated heterocycles. The Morgan fingerprint density at radius 2 is 1.89 bits per heavy atom. The zero-order chi connectivity index (χ0) is 19.2. The number of hydrogen-bond acceptors (Lipinski definition) is 4. The van der Waals surface area contributed by atoms with Crippen LogP contribution in [0.1, 0.15) is 44.9 Å². The van der Waals surface area contributed by atoms with Gasteiger partial charge >= 0.3 is 5.97 Å². The molecule has 6 atom stereocenters. The topological polar surface area (TPSA) is 44.8 Å². The van der Waals surface area contributed by atoms with E-state index in [2.05, 4.69) is 19.1 Å². The van der Waals surface area contributed by atoms with Gasteiger partial charge in [-0.2, -0.15) is 0 Å². The Hall–Kier alpha value is -1.89. The molecule has 3 aliphatic rings. The molecule has 3 fully saturated rings. The Balaban J connectivity index is 1.40. The zero-order valence-electron chi connectivity index (χ0n) is 16.2. The number of esters is 1. The number of allylic oxidation sites excluding steroid dienone is 1. The van der Waals surface area contributed by atoms with Crippen LogP contribution in [0, 0.1) is 47.9 Å². The number of rotatable bonds is 11. The minimum atomic E-state index is -0.0930. The fourth-order valence-electron chi connectivity index (χ4n) is 5.62. The highest BCUT2D eigenvalue weighted by molar-refractivity contribution is 5.69. The molecule has 3 saturated carbocycles. The molecule has 148 valence electrons. The molecule has 0 radical (unpaired) electrons. The predicted octanol–water partition coefficient (Wildman–Crippen LogP) is 4.32. The molecule has 0 aromatic heterocycles. The van der Waals surface area contributed by atoms with E-state index in [1.165, 1.54) is 25.7 Å². The first-order chi connectivity index (χ1) is 13.1. The van der Waals surface area contributed by atoms with Crippen LogP contribution in [0.3, 0.4) is 0 Å². The van der Waals surface area contributed by atoms with Crippen LogP contribution in [0.25, 0.3) is 0 Å². The average molecular weight is 373 g/mol. The molecule has 0 aliphatic heterocycles. The van der Waals surface area contributed by atoms with E-state index < -0.39 is 0 Å². The lowest BCUT2D eigenvalue weighted by molar-refractivity contribution is -0.144. The first kappa shape index (κ1) is 19.9. The Bertz CT molecular complexity index is 590. The molecular weight excluding hydrogens is 340 g/mol. The average Bonchev–Trinajstić information content (AvgIpc) is 3.34. The van der Waals surface area contributed by atoms with Crippen molar-refractivity contribution in [3.05, 3.63) is 25.2 Å². The smallest absolute Gasteiger partial charge is 0.306 e. The lowest BCUT2D eigenvalue weighted by Crippen LogP contribution is -2.27. The van der Waals surface area contributed by atoms with E-state index in [1.807, 2.05) is 0 Å². The minimum absolute atomic E-state index is 0.0930. The Kier molecular flexibility index (Phi) is 6.88. The van der Waals surface area contributed by atoms with Crippen LogP contribution < -0.4 is 0 Å². The molecule has 3 aliphatic carbocycles. The number of hydrogen-bond donors (Lipinski definition) is 0. The van der Waals surface area contributed by atoms with E-state index in [9.17, 15) is 4.79 Å². The normalized spacial score (nSPS) is 33.1. The molecule has 0 heterocycles. The molecule has 6 unspecified atom stereocenters. The molecule has 0 spiro atoms. The summed E-state index contributed by atoms with van der Waals surface area (Å²) >= 11 is 0. The Morgan fingerprint density at radius 3 is 2.67 bits per heavy atom. The van der Waals surface area contributed by atoms with E-state index in [0.717, 1.165) is 23.7 Å². The fourth-order valence-corrected chi connectivity index (χ4v) is 5.62. The summed E-state index contributed by atoms with van der Waals surface area (Å²) in [5.74, 6) is 7.09. The first-order valence-corrected chi connectivity index (χ1v) is 10.3. The second-order valence-electron chi connectivity index (χ2n) is 8.32. The third-order valence-corrected chi connectivity index (χ3v) is 6.70. The van der Waals surface area contributed by atoms with Crippen molar-refractivity contribution < 1.29 is 19.0 Å². The summed E-state index contributed by atoms with van der Waals surface area (Å²) in [7, 11) is 0. The molecule has 4 nitrogen and oxygen atoms in total. The second-order valence-corrected chi connectivity index (χ2v) is 8.32. The van der Waals surface area contributed by atoms with Gasteiger partial charge < -0.3 is 14.2 Å². The highest BCUT2D eigenvalue weighted by atomic mass is 16.7. The summed E-state index contributed by atoms with van der Waals surface area (Å²) in [4.78, 5) is 11.7. The van der Waals surface area contributed by atoms with Gasteiger partial charge in [0.2, 0.25) is 0 Å². The Labute approximate surface area is 163 Å². The maximum absolute atomic E-state index is 11.7. The van der Waals surface area contributed by atoms with Crippen molar-refractivity contribution >= 4 is 5.97 Å². The van der Waals surface area contributed by atoms with Gasteiger partial charge in [-0.05, 0) is 74.2 Å². The van der Waals surface area contributed by atoms with Gasteiger partial charge in [0.1, 0.15) is 6.61 Å². The van der Waals surface area contributed by atoms with Gasteiger partial charge in [0.15, 0.2) is 0 Å². The van der Waals surface area contributed by atoms with Crippen molar-refractivity contribution in [3.63, 3.8) is 0 Å². The van der Waals surface area contributed by atoms with Crippen LogP contribution in [-0.2, 0) is 19.0 Å². The van der Waals surface area contributed by atoms with Gasteiger partial charge in [-0.3, -0.25) is 4.79 Å². The lowest BCUT2D eigenvalue weighted by Gasteiger charge is -2.31. The van der Waals surface area contributed by atoms with E-state index in [4.69, 9.17) is 20.6 Å². The fraction of sp³-hybridized carbons (Fsp3) is 0.696. The van der Waals surface area contributed by atoms with Crippen molar-refractivity contribution in [1.82, 2.24) is 0 Å². The van der Waals surface area contributed by atoms with Gasteiger partial charge in [-0.15, -0.1) is 18.9 Å². The third-order valence-electron chi connectivity index (χ3n) is 6.70. The lowest BCUT2D eigenvalue weighted by atomic mass is 9.76. The number of carbonyl (C=O) groups is 1.